The molecule has 1 atom stereocenters. The molecule has 0 bridgehead atoms. The molecule has 0 spiro atoms. The van der Waals surface area contributed by atoms with Gasteiger partial charge in [-0.25, -0.2) is 4.39 Å². The first-order valence-electron chi connectivity index (χ1n) is 4.98. The molecule has 0 aliphatic carbocycles. The van der Waals surface area contributed by atoms with Crippen molar-refractivity contribution in [1.29, 1.82) is 0 Å². The van der Waals surface area contributed by atoms with Crippen molar-refractivity contribution in [2.24, 2.45) is 0 Å². The molecule has 1 aromatic rings. The molecular weight excluding hydrogens is 211 g/mol. The van der Waals surface area contributed by atoms with Crippen molar-refractivity contribution in [2.45, 2.75) is 19.4 Å². The molecule has 0 heterocycles. The van der Waals surface area contributed by atoms with E-state index < -0.39 is 5.60 Å². The molecule has 1 aromatic carbocycles. The van der Waals surface area contributed by atoms with Crippen molar-refractivity contribution in [3.05, 3.63) is 23.5 Å². The first kappa shape index (κ1) is 12.7. The van der Waals surface area contributed by atoms with Crippen molar-refractivity contribution in [1.82, 2.24) is 0 Å². The zero-order chi connectivity index (χ0) is 12.3. The van der Waals surface area contributed by atoms with Crippen LogP contribution in [-0.2, 0) is 0 Å². The zero-order valence-corrected chi connectivity index (χ0v) is 9.42. The summed E-state index contributed by atoms with van der Waals surface area (Å²) < 4.78 is 13.1. The van der Waals surface area contributed by atoms with Gasteiger partial charge < -0.3 is 21.3 Å². The molecule has 90 valence electrons. The fourth-order valence-electron chi connectivity index (χ4n) is 1.19. The van der Waals surface area contributed by atoms with Gasteiger partial charge in [0.05, 0.1) is 18.0 Å². The van der Waals surface area contributed by atoms with Crippen LogP contribution in [0.15, 0.2) is 12.1 Å². The molecule has 1 rings (SSSR count). The first-order chi connectivity index (χ1) is 7.35. The summed E-state index contributed by atoms with van der Waals surface area (Å²) in [5.41, 5.74) is 5.68. The van der Waals surface area contributed by atoms with Crippen molar-refractivity contribution < 1.29 is 14.6 Å². The van der Waals surface area contributed by atoms with Crippen molar-refractivity contribution in [3.8, 4) is 0 Å². The summed E-state index contributed by atoms with van der Waals surface area (Å²) in [6.45, 7) is 2.90. The maximum absolute atomic E-state index is 13.1. The second-order valence-electron chi connectivity index (χ2n) is 4.20. The van der Waals surface area contributed by atoms with Crippen LogP contribution in [0.3, 0.4) is 0 Å². The van der Waals surface area contributed by atoms with Gasteiger partial charge in [0.1, 0.15) is 11.4 Å². The van der Waals surface area contributed by atoms with Crippen LogP contribution in [0.25, 0.3) is 0 Å². The molecule has 0 saturated heterocycles. The third-order valence-corrected chi connectivity index (χ3v) is 2.33. The van der Waals surface area contributed by atoms with Gasteiger partial charge in [0, 0.05) is 6.54 Å². The molecule has 5 N–H and O–H groups in total. The largest absolute Gasteiger partial charge is 0.397 e. The number of hydrogen-bond acceptors (Lipinski definition) is 4. The van der Waals surface area contributed by atoms with E-state index in [1.54, 1.807) is 13.0 Å². The van der Waals surface area contributed by atoms with E-state index in [2.05, 4.69) is 5.32 Å². The zero-order valence-electron chi connectivity index (χ0n) is 9.42. The highest BCUT2D eigenvalue weighted by molar-refractivity contribution is 5.67. The van der Waals surface area contributed by atoms with Gasteiger partial charge in [-0.05, 0) is 31.5 Å². The normalized spacial score (nSPS) is 14.6. The maximum atomic E-state index is 13.1. The van der Waals surface area contributed by atoms with Gasteiger partial charge in [-0.1, -0.05) is 0 Å². The van der Waals surface area contributed by atoms with E-state index in [0.717, 1.165) is 0 Å². The Kier molecular flexibility index (Phi) is 3.72. The Hall–Kier alpha value is -1.33. The molecule has 0 saturated carbocycles. The highest BCUT2D eigenvalue weighted by Crippen LogP contribution is 2.22. The number of halogens is 1. The van der Waals surface area contributed by atoms with Gasteiger partial charge in [0.15, 0.2) is 0 Å². The molecule has 1 unspecified atom stereocenters. The molecule has 0 aliphatic rings. The Bertz CT molecular complexity index is 380. The van der Waals surface area contributed by atoms with E-state index in [9.17, 15) is 9.50 Å². The average molecular weight is 228 g/mol. The van der Waals surface area contributed by atoms with Gasteiger partial charge in [0.2, 0.25) is 0 Å². The predicted octanol–water partition coefficient (Wildman–Crippen LogP) is 0.872. The van der Waals surface area contributed by atoms with Gasteiger partial charge in [-0.3, -0.25) is 0 Å². The van der Waals surface area contributed by atoms with E-state index in [1.807, 2.05) is 0 Å². The second-order valence-corrected chi connectivity index (χ2v) is 4.20. The first-order valence-corrected chi connectivity index (χ1v) is 4.98. The average Bonchev–Trinajstić information content (AvgIpc) is 2.22. The fraction of sp³-hybridized carbons (Fsp3) is 0.455. The topological polar surface area (TPSA) is 78.5 Å². The Balaban J connectivity index is 2.79. The number of anilines is 2. The number of nitrogens with one attached hydrogen (secondary N) is 1. The molecule has 0 amide bonds. The predicted molar refractivity (Wildman–Crippen MR) is 61.7 cm³/mol. The summed E-state index contributed by atoms with van der Waals surface area (Å²) in [7, 11) is 0. The smallest absolute Gasteiger partial charge is 0.128 e. The van der Waals surface area contributed by atoms with Crippen LogP contribution in [0.1, 0.15) is 12.5 Å². The summed E-state index contributed by atoms with van der Waals surface area (Å²) in [5.74, 6) is -0.364. The van der Waals surface area contributed by atoms with Crippen molar-refractivity contribution in [3.63, 3.8) is 0 Å². The van der Waals surface area contributed by atoms with E-state index in [-0.39, 0.29) is 24.7 Å². The lowest BCUT2D eigenvalue weighted by atomic mass is 10.1. The summed E-state index contributed by atoms with van der Waals surface area (Å²) >= 11 is 0. The maximum Gasteiger partial charge on any atom is 0.128 e. The Labute approximate surface area is 93.9 Å². The standard InChI is InChI=1S/C11H17FN2O2/c1-7-3-10(9(13)4-8(7)12)14-5-11(2,16)6-15/h3-4,14-16H,5-6,13H2,1-2H3. The van der Waals surface area contributed by atoms with Crippen LogP contribution in [0.2, 0.25) is 0 Å². The van der Waals surface area contributed by atoms with E-state index in [0.29, 0.717) is 11.3 Å². The lowest BCUT2D eigenvalue weighted by Gasteiger charge is -2.22. The minimum Gasteiger partial charge on any atom is -0.397 e. The summed E-state index contributed by atoms with van der Waals surface area (Å²) in [4.78, 5) is 0. The van der Waals surface area contributed by atoms with Gasteiger partial charge >= 0.3 is 0 Å². The van der Waals surface area contributed by atoms with Crippen LogP contribution >= 0.6 is 0 Å². The van der Waals surface area contributed by atoms with Gasteiger partial charge in [-0.15, -0.1) is 0 Å². The van der Waals surface area contributed by atoms with E-state index >= 15 is 0 Å². The molecule has 0 fully saturated rings. The van der Waals surface area contributed by atoms with Crippen LogP contribution in [-0.4, -0.2) is 29.0 Å². The minimum absolute atomic E-state index is 0.138. The van der Waals surface area contributed by atoms with Crippen LogP contribution in [0.4, 0.5) is 15.8 Å². The highest BCUT2D eigenvalue weighted by atomic mass is 19.1. The summed E-state index contributed by atoms with van der Waals surface area (Å²) in [6.07, 6.45) is 0. The van der Waals surface area contributed by atoms with Crippen LogP contribution in [0.5, 0.6) is 0 Å². The monoisotopic (exact) mass is 228 g/mol. The number of aryl methyl sites for hydroxylation is 1. The lowest BCUT2D eigenvalue weighted by Crippen LogP contribution is -2.37. The minimum atomic E-state index is -1.23. The number of hydrogen-bond donors (Lipinski definition) is 4. The molecule has 4 nitrogen and oxygen atoms in total. The number of nitrogens with two attached hydrogens (primary N) is 1. The molecule has 0 aromatic heterocycles. The van der Waals surface area contributed by atoms with Crippen molar-refractivity contribution in [2.75, 3.05) is 24.2 Å². The summed E-state index contributed by atoms with van der Waals surface area (Å²) in [6, 6.07) is 2.80. The van der Waals surface area contributed by atoms with Gasteiger partial charge in [-0.2, -0.15) is 0 Å². The SMILES string of the molecule is Cc1cc(NCC(C)(O)CO)c(N)cc1F. The molecule has 0 aliphatic heterocycles. The Morgan fingerprint density at radius 1 is 1.50 bits per heavy atom. The highest BCUT2D eigenvalue weighted by Gasteiger charge is 2.19. The van der Waals surface area contributed by atoms with Gasteiger partial charge in [0.25, 0.3) is 0 Å². The van der Waals surface area contributed by atoms with E-state index in [1.165, 1.54) is 13.0 Å². The number of aliphatic hydroxyl groups is 2. The Morgan fingerprint density at radius 2 is 2.12 bits per heavy atom. The molecule has 0 radical (unpaired) electrons. The fourth-order valence-corrected chi connectivity index (χ4v) is 1.19. The number of benzene rings is 1. The Morgan fingerprint density at radius 3 is 2.69 bits per heavy atom. The molecular formula is C11H17FN2O2. The number of nitrogen functional groups attached to an aromatic ring is 1. The lowest BCUT2D eigenvalue weighted by molar-refractivity contribution is 0.0132. The van der Waals surface area contributed by atoms with Crippen LogP contribution < -0.4 is 11.1 Å². The number of aliphatic hydroxyl groups excluding tert-OH is 1. The third-order valence-electron chi connectivity index (χ3n) is 2.33. The number of rotatable bonds is 4. The second kappa shape index (κ2) is 4.67. The van der Waals surface area contributed by atoms with Crippen LogP contribution in [0, 0.1) is 12.7 Å². The quantitative estimate of drug-likeness (QED) is 0.577. The molecule has 5 heteroatoms. The summed E-state index contributed by atoms with van der Waals surface area (Å²) in [5, 5.41) is 21.3. The van der Waals surface area contributed by atoms with E-state index in [4.69, 9.17) is 10.8 Å². The molecule has 16 heavy (non-hydrogen) atoms. The third kappa shape index (κ3) is 3.08. The van der Waals surface area contributed by atoms with Crippen molar-refractivity contribution >= 4 is 11.4 Å².